The largest absolute Gasteiger partial charge is 0.390 e. The van der Waals surface area contributed by atoms with Gasteiger partial charge in [-0.15, -0.1) is 0 Å². The first-order valence-corrected chi connectivity index (χ1v) is 8.86. The highest BCUT2D eigenvalue weighted by Gasteiger charge is 2.36. The molecule has 1 aromatic rings. The SMILES string of the molecule is O=S1(=O)CC(O)C(Nc2c(Br)cc(Cl)cc2Br)C1. The lowest BCUT2D eigenvalue weighted by molar-refractivity contribution is 0.190. The van der Waals surface area contributed by atoms with E-state index in [1.54, 1.807) is 12.1 Å². The van der Waals surface area contributed by atoms with Gasteiger partial charge in [-0.1, -0.05) is 11.6 Å². The van der Waals surface area contributed by atoms with E-state index in [1.165, 1.54) is 0 Å². The monoisotopic (exact) mass is 417 g/mol. The quantitative estimate of drug-likeness (QED) is 0.773. The number of benzene rings is 1. The number of anilines is 1. The Balaban J connectivity index is 2.26. The maximum Gasteiger partial charge on any atom is 0.155 e. The van der Waals surface area contributed by atoms with E-state index in [1.807, 2.05) is 0 Å². The summed E-state index contributed by atoms with van der Waals surface area (Å²) >= 11 is 12.6. The van der Waals surface area contributed by atoms with Crippen molar-refractivity contribution in [3.8, 4) is 0 Å². The molecular formula is C10H10Br2ClNO3S. The van der Waals surface area contributed by atoms with E-state index in [0.29, 0.717) is 19.7 Å². The first kappa shape index (κ1) is 14.6. The topological polar surface area (TPSA) is 66.4 Å². The zero-order valence-corrected chi connectivity index (χ0v) is 13.8. The van der Waals surface area contributed by atoms with Crippen LogP contribution >= 0.6 is 43.5 Å². The van der Waals surface area contributed by atoms with Crippen molar-refractivity contribution in [3.63, 3.8) is 0 Å². The smallest absolute Gasteiger partial charge is 0.155 e. The zero-order chi connectivity index (χ0) is 13.5. The number of rotatable bonds is 2. The number of hydrogen-bond donors (Lipinski definition) is 2. The molecule has 1 aliphatic heterocycles. The van der Waals surface area contributed by atoms with E-state index in [0.717, 1.165) is 0 Å². The van der Waals surface area contributed by atoms with Crippen LogP contribution < -0.4 is 5.32 Å². The van der Waals surface area contributed by atoms with Crippen molar-refractivity contribution in [1.29, 1.82) is 0 Å². The van der Waals surface area contributed by atoms with Crippen LogP contribution in [0.4, 0.5) is 5.69 Å². The van der Waals surface area contributed by atoms with Crippen LogP contribution in [0, 0.1) is 0 Å². The van der Waals surface area contributed by atoms with Crippen LogP contribution in [-0.2, 0) is 9.84 Å². The van der Waals surface area contributed by atoms with Crippen molar-refractivity contribution < 1.29 is 13.5 Å². The predicted molar refractivity (Wildman–Crippen MR) is 78.9 cm³/mol. The van der Waals surface area contributed by atoms with E-state index in [-0.39, 0.29) is 11.5 Å². The van der Waals surface area contributed by atoms with E-state index in [2.05, 4.69) is 37.2 Å². The van der Waals surface area contributed by atoms with Crippen LogP contribution in [0.15, 0.2) is 21.1 Å². The molecule has 1 aliphatic rings. The second kappa shape index (κ2) is 5.28. The van der Waals surface area contributed by atoms with Crippen LogP contribution in [0.25, 0.3) is 0 Å². The summed E-state index contributed by atoms with van der Waals surface area (Å²) < 4.78 is 24.3. The molecule has 18 heavy (non-hydrogen) atoms. The molecule has 0 radical (unpaired) electrons. The van der Waals surface area contributed by atoms with Gasteiger partial charge in [-0.3, -0.25) is 0 Å². The standard InChI is InChI=1S/C10H10Br2ClNO3S/c11-6-1-5(13)2-7(12)10(6)14-8-3-18(16,17)4-9(8)15/h1-2,8-9,14-15H,3-4H2. The minimum atomic E-state index is -3.17. The molecule has 1 aromatic carbocycles. The third-order valence-corrected chi connectivity index (χ3v) is 5.84. The van der Waals surface area contributed by atoms with E-state index in [9.17, 15) is 13.5 Å². The molecule has 2 unspecified atom stereocenters. The number of hydrogen-bond acceptors (Lipinski definition) is 4. The summed E-state index contributed by atoms with van der Waals surface area (Å²) in [5.41, 5.74) is 0.681. The Kier molecular flexibility index (Phi) is 4.28. The number of aliphatic hydroxyl groups is 1. The van der Waals surface area contributed by atoms with Gasteiger partial charge in [-0.25, -0.2) is 8.42 Å². The van der Waals surface area contributed by atoms with Crippen LogP contribution in [0.3, 0.4) is 0 Å². The minimum absolute atomic E-state index is 0.0737. The maximum atomic E-state index is 11.4. The molecule has 2 rings (SSSR count). The van der Waals surface area contributed by atoms with Gasteiger partial charge in [0.1, 0.15) is 0 Å². The predicted octanol–water partition coefficient (Wildman–Crippen LogP) is 2.43. The molecule has 1 saturated heterocycles. The van der Waals surface area contributed by atoms with Crippen molar-refractivity contribution in [2.24, 2.45) is 0 Å². The lowest BCUT2D eigenvalue weighted by Gasteiger charge is -2.19. The Hall–Kier alpha value is 0.180. The van der Waals surface area contributed by atoms with Crippen molar-refractivity contribution in [2.45, 2.75) is 12.1 Å². The third-order valence-electron chi connectivity index (χ3n) is 2.66. The van der Waals surface area contributed by atoms with Gasteiger partial charge in [-0.05, 0) is 44.0 Å². The Labute approximate surface area is 127 Å². The summed E-state index contributed by atoms with van der Waals surface area (Å²) in [7, 11) is -3.17. The molecular weight excluding hydrogens is 409 g/mol. The molecule has 0 saturated carbocycles. The second-order valence-electron chi connectivity index (χ2n) is 4.14. The van der Waals surface area contributed by atoms with Crippen LogP contribution in [0.1, 0.15) is 0 Å². The van der Waals surface area contributed by atoms with Crippen molar-refractivity contribution in [3.05, 3.63) is 26.1 Å². The summed E-state index contributed by atoms with van der Waals surface area (Å²) in [4.78, 5) is 0. The van der Waals surface area contributed by atoms with Gasteiger partial charge < -0.3 is 10.4 Å². The molecule has 0 spiro atoms. The lowest BCUT2D eigenvalue weighted by Crippen LogP contribution is -2.32. The molecule has 0 amide bonds. The van der Waals surface area contributed by atoms with Crippen LogP contribution in [-0.4, -0.2) is 37.2 Å². The molecule has 2 N–H and O–H groups in total. The fraction of sp³-hybridized carbons (Fsp3) is 0.400. The van der Waals surface area contributed by atoms with E-state index >= 15 is 0 Å². The highest BCUT2D eigenvalue weighted by Crippen LogP contribution is 2.35. The van der Waals surface area contributed by atoms with Gasteiger partial charge in [0, 0.05) is 14.0 Å². The summed E-state index contributed by atoms with van der Waals surface area (Å²) in [6.45, 7) is 0. The fourth-order valence-corrected chi connectivity index (χ4v) is 5.47. The molecule has 1 heterocycles. The highest BCUT2D eigenvalue weighted by molar-refractivity contribution is 9.11. The fourth-order valence-electron chi connectivity index (χ4n) is 1.83. The van der Waals surface area contributed by atoms with E-state index in [4.69, 9.17) is 11.6 Å². The molecule has 2 atom stereocenters. The summed E-state index contributed by atoms with van der Waals surface area (Å²) in [6, 6.07) is 2.89. The molecule has 8 heteroatoms. The molecule has 4 nitrogen and oxygen atoms in total. The minimum Gasteiger partial charge on any atom is -0.390 e. The van der Waals surface area contributed by atoms with Gasteiger partial charge in [-0.2, -0.15) is 0 Å². The van der Waals surface area contributed by atoms with Gasteiger partial charge in [0.25, 0.3) is 0 Å². The lowest BCUT2D eigenvalue weighted by atomic mass is 10.2. The maximum absolute atomic E-state index is 11.4. The molecule has 1 fully saturated rings. The first-order chi connectivity index (χ1) is 8.28. The molecule has 100 valence electrons. The van der Waals surface area contributed by atoms with Gasteiger partial charge in [0.2, 0.25) is 0 Å². The van der Waals surface area contributed by atoms with Crippen LogP contribution in [0.5, 0.6) is 0 Å². The molecule has 0 bridgehead atoms. The number of aliphatic hydroxyl groups excluding tert-OH is 1. The van der Waals surface area contributed by atoms with Gasteiger partial charge in [0.05, 0.1) is 29.3 Å². The van der Waals surface area contributed by atoms with Crippen molar-refractivity contribution >= 4 is 59.0 Å². The van der Waals surface area contributed by atoms with Crippen molar-refractivity contribution in [1.82, 2.24) is 0 Å². The van der Waals surface area contributed by atoms with Crippen molar-refractivity contribution in [2.75, 3.05) is 16.8 Å². The Morgan fingerprint density at radius 3 is 2.28 bits per heavy atom. The normalized spacial score (nSPS) is 26.2. The highest BCUT2D eigenvalue weighted by atomic mass is 79.9. The Bertz CT molecular complexity index is 555. The summed E-state index contributed by atoms with van der Waals surface area (Å²) in [6.07, 6.45) is -0.899. The zero-order valence-electron chi connectivity index (χ0n) is 9.03. The molecule has 0 aromatic heterocycles. The summed E-state index contributed by atoms with van der Waals surface area (Å²) in [5.74, 6) is -0.275. The van der Waals surface area contributed by atoms with E-state index < -0.39 is 22.0 Å². The number of halogens is 3. The second-order valence-corrected chi connectivity index (χ2v) is 8.44. The Morgan fingerprint density at radius 2 is 1.83 bits per heavy atom. The third kappa shape index (κ3) is 3.19. The number of sulfone groups is 1. The van der Waals surface area contributed by atoms with Crippen LogP contribution in [0.2, 0.25) is 5.02 Å². The average Bonchev–Trinajstić information content (AvgIpc) is 2.45. The van der Waals surface area contributed by atoms with Gasteiger partial charge in [0.15, 0.2) is 9.84 Å². The summed E-state index contributed by atoms with van der Waals surface area (Å²) in [5, 5.41) is 13.3. The Morgan fingerprint density at radius 1 is 1.28 bits per heavy atom. The number of nitrogens with one attached hydrogen (secondary N) is 1. The van der Waals surface area contributed by atoms with Gasteiger partial charge >= 0.3 is 0 Å². The molecule has 0 aliphatic carbocycles. The first-order valence-electron chi connectivity index (χ1n) is 5.08. The average molecular weight is 420 g/mol.